The molecule has 0 N–H and O–H groups in total. The number of aromatic nitrogens is 2. The lowest BCUT2D eigenvalue weighted by Crippen LogP contribution is -2.38. The van der Waals surface area contributed by atoms with Crippen molar-refractivity contribution in [2.75, 3.05) is 25.4 Å². The van der Waals surface area contributed by atoms with E-state index >= 15 is 0 Å². The third-order valence-corrected chi connectivity index (χ3v) is 8.71. The van der Waals surface area contributed by atoms with E-state index in [9.17, 15) is 18.0 Å². The fourth-order valence-electron chi connectivity index (χ4n) is 3.80. The Morgan fingerprint density at radius 2 is 1.94 bits per heavy atom. The van der Waals surface area contributed by atoms with Crippen LogP contribution in [0.3, 0.4) is 0 Å². The highest BCUT2D eigenvalue weighted by Gasteiger charge is 2.27. The van der Waals surface area contributed by atoms with E-state index in [2.05, 4.69) is 10.1 Å². The third kappa shape index (κ3) is 6.09. The van der Waals surface area contributed by atoms with Crippen LogP contribution in [-0.2, 0) is 19.4 Å². The van der Waals surface area contributed by atoms with E-state index in [1.165, 1.54) is 41.7 Å². The molecule has 1 saturated heterocycles. The molecule has 0 spiro atoms. The molecule has 4 rings (SSSR count). The maximum absolute atomic E-state index is 12.6. The van der Waals surface area contributed by atoms with Gasteiger partial charge in [0.15, 0.2) is 21.3 Å². The first kappa shape index (κ1) is 25.3. The van der Waals surface area contributed by atoms with Crippen molar-refractivity contribution in [1.82, 2.24) is 15.0 Å². The average molecular weight is 538 g/mol. The smallest absolute Gasteiger partial charge is 0.360 e. The van der Waals surface area contributed by atoms with E-state index in [0.717, 1.165) is 17.8 Å². The number of nitrogens with zero attached hydrogens (tertiary/aromatic N) is 3. The second-order valence-corrected chi connectivity index (χ2v) is 11.5. The standard InChI is InChI=1S/C23H24ClN3O6S2/c1-2-32-23(29)18-13-20(33-26-18)19-14-34-22(25-19)15-7-10-27(11-8-15)21(28)9-12-35(30,31)17-5-3-16(24)4-6-17/h3-6,13-15H,2,7-12H2,1H3. The second kappa shape index (κ2) is 10.9. The molecule has 0 aliphatic carbocycles. The maximum Gasteiger partial charge on any atom is 0.360 e. The number of hydrogen-bond acceptors (Lipinski definition) is 9. The number of esters is 1. The van der Waals surface area contributed by atoms with Crippen LogP contribution in [0.15, 0.2) is 45.1 Å². The minimum absolute atomic E-state index is 0.0642. The Balaban J connectivity index is 1.30. The molecule has 186 valence electrons. The van der Waals surface area contributed by atoms with Gasteiger partial charge in [-0.05, 0) is 44.0 Å². The highest BCUT2D eigenvalue weighted by atomic mass is 35.5. The summed E-state index contributed by atoms with van der Waals surface area (Å²) in [7, 11) is -3.55. The Kier molecular flexibility index (Phi) is 7.88. The number of carbonyl (C=O) groups excluding carboxylic acids is 2. The summed E-state index contributed by atoms with van der Waals surface area (Å²) in [5, 5.41) is 6.97. The molecule has 12 heteroatoms. The van der Waals surface area contributed by atoms with E-state index in [0.29, 0.717) is 29.6 Å². The number of sulfone groups is 1. The van der Waals surface area contributed by atoms with Crippen molar-refractivity contribution in [3.05, 3.63) is 51.4 Å². The van der Waals surface area contributed by atoms with E-state index in [1.54, 1.807) is 11.8 Å². The number of rotatable bonds is 8. The molecule has 2 aromatic heterocycles. The predicted molar refractivity (Wildman–Crippen MR) is 130 cm³/mol. The quantitative estimate of drug-likeness (QED) is 0.392. The van der Waals surface area contributed by atoms with Crippen molar-refractivity contribution in [2.45, 2.75) is 37.0 Å². The number of likely N-dealkylation sites (tertiary alicyclic amines) is 1. The van der Waals surface area contributed by atoms with E-state index in [4.69, 9.17) is 20.9 Å². The van der Waals surface area contributed by atoms with Crippen LogP contribution in [0.5, 0.6) is 0 Å². The van der Waals surface area contributed by atoms with E-state index < -0.39 is 15.8 Å². The monoisotopic (exact) mass is 537 g/mol. The molecule has 1 amide bonds. The largest absolute Gasteiger partial charge is 0.461 e. The fraction of sp³-hybridized carbons (Fsp3) is 0.391. The van der Waals surface area contributed by atoms with Gasteiger partial charge in [0.2, 0.25) is 5.91 Å². The number of halogens is 1. The van der Waals surface area contributed by atoms with E-state index in [1.807, 2.05) is 5.38 Å². The number of thiazole rings is 1. The molecule has 1 aromatic carbocycles. The van der Waals surface area contributed by atoms with Gasteiger partial charge in [-0.3, -0.25) is 4.79 Å². The van der Waals surface area contributed by atoms with E-state index in [-0.39, 0.29) is 41.2 Å². The zero-order valence-electron chi connectivity index (χ0n) is 19.0. The predicted octanol–water partition coefficient (Wildman–Crippen LogP) is 4.20. The summed E-state index contributed by atoms with van der Waals surface area (Å²) in [6, 6.07) is 7.45. The maximum atomic E-state index is 12.6. The molecule has 3 heterocycles. The number of piperidine rings is 1. The van der Waals surface area contributed by atoms with Gasteiger partial charge in [0.1, 0.15) is 5.69 Å². The number of ether oxygens (including phenoxy) is 1. The lowest BCUT2D eigenvalue weighted by Gasteiger charge is -2.31. The van der Waals surface area contributed by atoms with Crippen molar-refractivity contribution in [2.24, 2.45) is 0 Å². The lowest BCUT2D eigenvalue weighted by atomic mass is 9.97. The van der Waals surface area contributed by atoms with Gasteiger partial charge < -0.3 is 14.2 Å². The van der Waals surface area contributed by atoms with Crippen LogP contribution in [0.25, 0.3) is 11.5 Å². The Bertz CT molecular complexity index is 1290. The summed E-state index contributed by atoms with van der Waals surface area (Å²) in [6.07, 6.45) is 1.39. The van der Waals surface area contributed by atoms with Gasteiger partial charge in [0.05, 0.1) is 22.3 Å². The summed E-state index contributed by atoms with van der Waals surface area (Å²) >= 11 is 7.31. The Morgan fingerprint density at radius 3 is 2.63 bits per heavy atom. The van der Waals surface area contributed by atoms with Crippen LogP contribution in [0.2, 0.25) is 5.02 Å². The summed E-state index contributed by atoms with van der Waals surface area (Å²) < 4.78 is 35.2. The first-order valence-electron chi connectivity index (χ1n) is 11.1. The van der Waals surface area contributed by atoms with Crippen molar-refractivity contribution in [3.8, 4) is 11.5 Å². The minimum atomic E-state index is -3.55. The molecule has 0 atom stereocenters. The fourth-order valence-corrected chi connectivity index (χ4v) is 6.14. The van der Waals surface area contributed by atoms with Gasteiger partial charge in [-0.25, -0.2) is 18.2 Å². The number of amides is 1. The topological polar surface area (TPSA) is 120 Å². The van der Waals surface area contributed by atoms with Gasteiger partial charge in [-0.1, -0.05) is 16.8 Å². The summed E-state index contributed by atoms with van der Waals surface area (Å²) in [5.41, 5.74) is 0.695. The highest BCUT2D eigenvalue weighted by molar-refractivity contribution is 7.91. The molecule has 9 nitrogen and oxygen atoms in total. The number of benzene rings is 1. The van der Waals surface area contributed by atoms with Crippen molar-refractivity contribution >= 4 is 44.7 Å². The van der Waals surface area contributed by atoms with Gasteiger partial charge in [-0.2, -0.15) is 0 Å². The first-order chi connectivity index (χ1) is 16.8. The number of carbonyl (C=O) groups is 2. The molecule has 1 aliphatic heterocycles. The summed E-state index contributed by atoms with van der Waals surface area (Å²) in [4.78, 5) is 30.9. The van der Waals surface area contributed by atoms with Crippen LogP contribution in [0, 0.1) is 0 Å². The molecule has 35 heavy (non-hydrogen) atoms. The third-order valence-electron chi connectivity index (χ3n) is 5.72. The summed E-state index contributed by atoms with van der Waals surface area (Å²) in [6.45, 7) is 3.04. The van der Waals surface area contributed by atoms with Gasteiger partial charge >= 0.3 is 5.97 Å². The number of hydrogen-bond donors (Lipinski definition) is 0. The molecule has 0 unspecified atom stereocenters. The minimum Gasteiger partial charge on any atom is -0.461 e. The SMILES string of the molecule is CCOC(=O)c1cc(-c2csc(C3CCN(C(=O)CCS(=O)(=O)c4ccc(Cl)cc4)CC3)n2)on1. The lowest BCUT2D eigenvalue weighted by molar-refractivity contribution is -0.131. The molecule has 0 saturated carbocycles. The van der Waals surface area contributed by atoms with Crippen LogP contribution < -0.4 is 0 Å². The second-order valence-electron chi connectivity index (χ2n) is 8.05. The zero-order chi connectivity index (χ0) is 25.0. The molecule has 1 fully saturated rings. The first-order valence-corrected chi connectivity index (χ1v) is 14.0. The van der Waals surface area contributed by atoms with Gasteiger partial charge in [0, 0.05) is 41.9 Å². The van der Waals surface area contributed by atoms with Crippen molar-refractivity contribution in [3.63, 3.8) is 0 Å². The van der Waals surface area contributed by atoms with Crippen molar-refractivity contribution < 1.29 is 27.3 Å². The van der Waals surface area contributed by atoms with Gasteiger partial charge in [-0.15, -0.1) is 11.3 Å². The van der Waals surface area contributed by atoms with Crippen LogP contribution >= 0.6 is 22.9 Å². The normalized spacial score (nSPS) is 14.7. The Hall–Kier alpha value is -2.76. The highest BCUT2D eigenvalue weighted by Crippen LogP contribution is 2.33. The molecular formula is C23H24ClN3O6S2. The average Bonchev–Trinajstić information content (AvgIpc) is 3.53. The zero-order valence-corrected chi connectivity index (χ0v) is 21.4. The Morgan fingerprint density at radius 1 is 1.23 bits per heavy atom. The molecular weight excluding hydrogens is 514 g/mol. The van der Waals surface area contributed by atoms with Gasteiger partial charge in [0.25, 0.3) is 0 Å². The van der Waals surface area contributed by atoms with Crippen LogP contribution in [0.4, 0.5) is 0 Å². The van der Waals surface area contributed by atoms with Crippen molar-refractivity contribution in [1.29, 1.82) is 0 Å². The molecule has 1 aliphatic rings. The Labute approximate surface area is 212 Å². The summed E-state index contributed by atoms with van der Waals surface area (Å²) in [5.74, 6) is -0.383. The molecule has 3 aromatic rings. The van der Waals surface area contributed by atoms with Crippen LogP contribution in [-0.4, -0.2) is 60.8 Å². The molecule has 0 radical (unpaired) electrons. The molecule has 0 bridgehead atoms. The van der Waals surface area contributed by atoms with Crippen LogP contribution in [0.1, 0.15) is 47.6 Å².